The third kappa shape index (κ3) is 3.18. The summed E-state index contributed by atoms with van der Waals surface area (Å²) in [6, 6.07) is 9.83. The largest absolute Gasteiger partial charge is 0.333 e. The van der Waals surface area contributed by atoms with Crippen LogP contribution in [0.1, 0.15) is 35.5 Å². The second-order valence-electron chi connectivity index (χ2n) is 6.43. The predicted octanol–water partition coefficient (Wildman–Crippen LogP) is 2.21. The van der Waals surface area contributed by atoms with Crippen molar-refractivity contribution >= 4 is 17.6 Å². The molecular weight excluding hydrogens is 304 g/mol. The van der Waals surface area contributed by atoms with Crippen LogP contribution < -0.4 is 5.32 Å². The average Bonchev–Trinajstić information content (AvgIpc) is 2.94. The molecule has 0 unspecified atom stereocenters. The topological polar surface area (TPSA) is 67.2 Å². The van der Waals surface area contributed by atoms with Gasteiger partial charge in [0.05, 0.1) is 0 Å². The Bertz CT molecular complexity index is 779. The second kappa shape index (κ2) is 6.47. The van der Waals surface area contributed by atoms with Crippen LogP contribution in [0.15, 0.2) is 30.3 Å². The van der Waals surface area contributed by atoms with E-state index in [0.29, 0.717) is 24.6 Å². The lowest BCUT2D eigenvalue weighted by Gasteiger charge is -2.28. The maximum absolute atomic E-state index is 12.7. The molecule has 6 nitrogen and oxygen atoms in total. The van der Waals surface area contributed by atoms with Gasteiger partial charge in [0.15, 0.2) is 5.69 Å². The zero-order valence-electron chi connectivity index (χ0n) is 14.2. The van der Waals surface area contributed by atoms with Gasteiger partial charge in [0, 0.05) is 32.1 Å². The third-order valence-electron chi connectivity index (χ3n) is 4.29. The van der Waals surface area contributed by atoms with Crippen molar-refractivity contribution in [1.29, 1.82) is 0 Å². The molecule has 1 aliphatic heterocycles. The van der Waals surface area contributed by atoms with E-state index in [0.717, 1.165) is 6.42 Å². The van der Waals surface area contributed by atoms with Gasteiger partial charge in [0.25, 0.3) is 5.91 Å². The normalized spacial score (nSPS) is 13.8. The molecule has 1 aromatic heterocycles. The van der Waals surface area contributed by atoms with Gasteiger partial charge in [0.2, 0.25) is 5.91 Å². The first-order chi connectivity index (χ1) is 11.5. The van der Waals surface area contributed by atoms with E-state index >= 15 is 0 Å². The van der Waals surface area contributed by atoms with Crippen molar-refractivity contribution in [2.24, 2.45) is 13.0 Å². The first kappa shape index (κ1) is 16.2. The molecule has 0 radical (unpaired) electrons. The van der Waals surface area contributed by atoms with E-state index in [1.165, 1.54) is 15.8 Å². The Morgan fingerprint density at radius 3 is 2.62 bits per heavy atom. The third-order valence-corrected chi connectivity index (χ3v) is 4.29. The zero-order chi connectivity index (χ0) is 17.3. The minimum atomic E-state index is -0.127. The number of nitrogens with one attached hydrogen (secondary N) is 1. The van der Waals surface area contributed by atoms with Crippen molar-refractivity contribution < 1.29 is 9.59 Å². The molecule has 1 aromatic carbocycles. The van der Waals surface area contributed by atoms with E-state index < -0.39 is 0 Å². The lowest BCUT2D eigenvalue weighted by Crippen LogP contribution is -2.36. The molecule has 0 fully saturated rings. The molecule has 2 aromatic rings. The van der Waals surface area contributed by atoms with Crippen molar-refractivity contribution in [3.05, 3.63) is 47.2 Å². The monoisotopic (exact) mass is 326 g/mol. The fourth-order valence-corrected chi connectivity index (χ4v) is 2.79. The van der Waals surface area contributed by atoms with Crippen LogP contribution in [0.2, 0.25) is 0 Å². The summed E-state index contributed by atoms with van der Waals surface area (Å²) < 4.78 is 1.53. The number of aromatic nitrogens is 2. The Morgan fingerprint density at radius 2 is 1.92 bits per heavy atom. The summed E-state index contributed by atoms with van der Waals surface area (Å²) in [7, 11) is 1.72. The van der Waals surface area contributed by atoms with Gasteiger partial charge >= 0.3 is 0 Å². The Labute approximate surface area is 141 Å². The maximum Gasteiger partial charge on any atom is 0.274 e. The summed E-state index contributed by atoms with van der Waals surface area (Å²) in [5.74, 6) is 0.209. The number of benzene rings is 1. The standard InChI is InChI=1S/C18H22N4O2/c1-12(2)17(23)19-16-10-15(20-21(16)3)18(24)22-9-8-13-6-4-5-7-14(13)11-22/h4-7,10,12H,8-9,11H2,1-3H3,(H,19,23). The van der Waals surface area contributed by atoms with E-state index in [9.17, 15) is 9.59 Å². The summed E-state index contributed by atoms with van der Waals surface area (Å²) in [5.41, 5.74) is 2.84. The molecule has 24 heavy (non-hydrogen) atoms. The molecule has 6 heteroatoms. The van der Waals surface area contributed by atoms with Crippen molar-refractivity contribution in [2.45, 2.75) is 26.8 Å². The van der Waals surface area contributed by atoms with Gasteiger partial charge in [-0.3, -0.25) is 14.3 Å². The number of hydrogen-bond donors (Lipinski definition) is 1. The minimum absolute atomic E-state index is 0.0936. The SMILES string of the molecule is CC(C)C(=O)Nc1cc(C(=O)N2CCc3ccccc3C2)nn1C. The summed E-state index contributed by atoms with van der Waals surface area (Å²) in [6.45, 7) is 4.92. The van der Waals surface area contributed by atoms with Crippen LogP contribution in [0.3, 0.4) is 0 Å². The van der Waals surface area contributed by atoms with Crippen LogP contribution in [-0.4, -0.2) is 33.0 Å². The van der Waals surface area contributed by atoms with Gasteiger partial charge in [0.1, 0.15) is 5.82 Å². The van der Waals surface area contributed by atoms with Crippen molar-refractivity contribution in [3.63, 3.8) is 0 Å². The van der Waals surface area contributed by atoms with E-state index in [1.807, 2.05) is 26.0 Å². The number of carbonyl (C=O) groups excluding carboxylic acids is 2. The van der Waals surface area contributed by atoms with Crippen LogP contribution in [0.4, 0.5) is 5.82 Å². The molecule has 0 aliphatic carbocycles. The molecular formula is C18H22N4O2. The van der Waals surface area contributed by atoms with Crippen molar-refractivity contribution in [1.82, 2.24) is 14.7 Å². The number of aryl methyl sites for hydroxylation is 1. The van der Waals surface area contributed by atoms with Crippen LogP contribution in [0.25, 0.3) is 0 Å². The number of carbonyl (C=O) groups is 2. The molecule has 0 saturated heterocycles. The predicted molar refractivity (Wildman–Crippen MR) is 91.6 cm³/mol. The number of fused-ring (bicyclic) bond motifs is 1. The Hall–Kier alpha value is -2.63. The molecule has 3 rings (SSSR count). The van der Waals surface area contributed by atoms with Gasteiger partial charge in [-0.15, -0.1) is 0 Å². The number of nitrogens with zero attached hydrogens (tertiary/aromatic N) is 3. The highest BCUT2D eigenvalue weighted by Crippen LogP contribution is 2.21. The summed E-state index contributed by atoms with van der Waals surface area (Å²) in [4.78, 5) is 26.4. The highest BCUT2D eigenvalue weighted by molar-refractivity contribution is 5.96. The molecule has 2 amide bonds. The number of amides is 2. The quantitative estimate of drug-likeness (QED) is 0.940. The van der Waals surface area contributed by atoms with Crippen LogP contribution in [-0.2, 0) is 24.8 Å². The first-order valence-electron chi connectivity index (χ1n) is 8.16. The van der Waals surface area contributed by atoms with E-state index in [4.69, 9.17) is 0 Å². The van der Waals surface area contributed by atoms with E-state index in [2.05, 4.69) is 22.5 Å². The van der Waals surface area contributed by atoms with E-state index in [-0.39, 0.29) is 17.7 Å². The van der Waals surface area contributed by atoms with Crippen LogP contribution in [0, 0.1) is 5.92 Å². The van der Waals surface area contributed by atoms with Crippen LogP contribution >= 0.6 is 0 Å². The first-order valence-corrected chi connectivity index (χ1v) is 8.16. The molecule has 0 bridgehead atoms. The van der Waals surface area contributed by atoms with Gasteiger partial charge < -0.3 is 10.2 Å². The van der Waals surface area contributed by atoms with Gasteiger partial charge in [-0.1, -0.05) is 38.1 Å². The molecule has 0 saturated carbocycles. The van der Waals surface area contributed by atoms with Crippen LogP contribution in [0.5, 0.6) is 0 Å². The smallest absolute Gasteiger partial charge is 0.274 e. The Balaban J connectivity index is 1.75. The van der Waals surface area contributed by atoms with Crippen molar-refractivity contribution in [2.75, 3.05) is 11.9 Å². The van der Waals surface area contributed by atoms with Gasteiger partial charge in [-0.05, 0) is 17.5 Å². The summed E-state index contributed by atoms with van der Waals surface area (Å²) >= 11 is 0. The average molecular weight is 326 g/mol. The summed E-state index contributed by atoms with van der Waals surface area (Å²) in [6.07, 6.45) is 0.853. The number of anilines is 1. The molecule has 1 aliphatic rings. The Morgan fingerprint density at radius 1 is 1.21 bits per heavy atom. The molecule has 0 atom stereocenters. The highest BCUT2D eigenvalue weighted by atomic mass is 16.2. The summed E-state index contributed by atoms with van der Waals surface area (Å²) in [5, 5.41) is 7.06. The second-order valence-corrected chi connectivity index (χ2v) is 6.43. The van der Waals surface area contributed by atoms with Crippen molar-refractivity contribution in [3.8, 4) is 0 Å². The minimum Gasteiger partial charge on any atom is -0.333 e. The van der Waals surface area contributed by atoms with Gasteiger partial charge in [-0.25, -0.2) is 0 Å². The van der Waals surface area contributed by atoms with E-state index in [1.54, 1.807) is 18.0 Å². The molecule has 2 heterocycles. The molecule has 0 spiro atoms. The lowest BCUT2D eigenvalue weighted by molar-refractivity contribution is -0.118. The van der Waals surface area contributed by atoms with Gasteiger partial charge in [-0.2, -0.15) is 5.10 Å². The lowest BCUT2D eigenvalue weighted by atomic mass is 10.00. The number of hydrogen-bond acceptors (Lipinski definition) is 3. The fourth-order valence-electron chi connectivity index (χ4n) is 2.79. The highest BCUT2D eigenvalue weighted by Gasteiger charge is 2.24. The molecule has 1 N–H and O–H groups in total. The zero-order valence-corrected chi connectivity index (χ0v) is 14.2. The maximum atomic E-state index is 12.7. The Kier molecular flexibility index (Phi) is 4.38. The fraction of sp³-hybridized carbons (Fsp3) is 0.389. The number of rotatable bonds is 3. The molecule has 126 valence electrons.